The molecule has 0 amide bonds. The van der Waals surface area contributed by atoms with Gasteiger partial charge in [-0.15, -0.1) is 0 Å². The summed E-state index contributed by atoms with van der Waals surface area (Å²) in [5.41, 5.74) is 5.83. The number of unbranched alkanes of at least 4 members (excludes halogenated alkanes) is 1. The quantitative estimate of drug-likeness (QED) is 0.735. The Labute approximate surface area is 122 Å². The lowest BCUT2D eigenvalue weighted by atomic mass is 10.1. The first-order chi connectivity index (χ1) is 9.69. The van der Waals surface area contributed by atoms with Crippen molar-refractivity contribution in [1.29, 1.82) is 0 Å². The van der Waals surface area contributed by atoms with Crippen molar-refractivity contribution in [3.63, 3.8) is 0 Å². The number of hydrogen-bond acceptors (Lipinski definition) is 1. The molecule has 2 rings (SSSR count). The Kier molecular flexibility index (Phi) is 5.00. The predicted molar refractivity (Wildman–Crippen MR) is 88.9 cm³/mol. The van der Waals surface area contributed by atoms with E-state index < -0.39 is 0 Å². The zero-order valence-corrected chi connectivity index (χ0v) is 12.4. The molecule has 0 aromatic heterocycles. The standard InChI is InChI=1S/C19H23N/c1-4-5-6-17-9-11-18(12-10-17)16(3)20-19-13-7-15(2)8-14-19/h7-14,20H,3-6H2,1-2H3. The van der Waals surface area contributed by atoms with Crippen LogP contribution >= 0.6 is 0 Å². The molecule has 0 unspecified atom stereocenters. The molecule has 0 spiro atoms. The van der Waals surface area contributed by atoms with E-state index in [-0.39, 0.29) is 0 Å². The summed E-state index contributed by atoms with van der Waals surface area (Å²) >= 11 is 0. The van der Waals surface area contributed by atoms with E-state index >= 15 is 0 Å². The van der Waals surface area contributed by atoms with Gasteiger partial charge in [-0.1, -0.05) is 61.9 Å². The molecule has 2 aromatic rings. The summed E-state index contributed by atoms with van der Waals surface area (Å²) in [6.07, 6.45) is 3.65. The molecule has 0 heterocycles. The van der Waals surface area contributed by atoms with Crippen molar-refractivity contribution in [2.75, 3.05) is 5.32 Å². The van der Waals surface area contributed by atoms with E-state index in [4.69, 9.17) is 0 Å². The van der Waals surface area contributed by atoms with Crippen LogP contribution in [0.3, 0.4) is 0 Å². The molecule has 0 aliphatic carbocycles. The Balaban J connectivity index is 2.00. The van der Waals surface area contributed by atoms with Crippen molar-refractivity contribution in [3.05, 3.63) is 71.8 Å². The van der Waals surface area contributed by atoms with Crippen LogP contribution in [-0.2, 0) is 6.42 Å². The molecule has 104 valence electrons. The highest BCUT2D eigenvalue weighted by Gasteiger charge is 2.00. The molecule has 1 heteroatoms. The molecule has 0 aliphatic rings. The molecule has 0 bridgehead atoms. The molecular weight excluding hydrogens is 242 g/mol. The topological polar surface area (TPSA) is 12.0 Å². The van der Waals surface area contributed by atoms with Gasteiger partial charge in [0.2, 0.25) is 0 Å². The fourth-order valence-electron chi connectivity index (χ4n) is 2.14. The molecule has 0 saturated heterocycles. The summed E-state index contributed by atoms with van der Waals surface area (Å²) in [4.78, 5) is 0. The number of aryl methyl sites for hydroxylation is 2. The Bertz CT molecular complexity index is 549. The van der Waals surface area contributed by atoms with Gasteiger partial charge in [0.05, 0.1) is 0 Å². The van der Waals surface area contributed by atoms with E-state index in [0.717, 1.165) is 23.4 Å². The third-order valence-electron chi connectivity index (χ3n) is 3.47. The minimum atomic E-state index is 0.941. The lowest BCUT2D eigenvalue weighted by Crippen LogP contribution is -1.97. The number of benzene rings is 2. The third-order valence-corrected chi connectivity index (χ3v) is 3.47. The second kappa shape index (κ2) is 6.95. The highest BCUT2D eigenvalue weighted by molar-refractivity contribution is 5.75. The van der Waals surface area contributed by atoms with E-state index in [1.807, 2.05) is 0 Å². The van der Waals surface area contributed by atoms with Crippen molar-refractivity contribution < 1.29 is 0 Å². The summed E-state index contributed by atoms with van der Waals surface area (Å²) in [5, 5.41) is 3.35. The fraction of sp³-hybridized carbons (Fsp3) is 0.263. The molecular formula is C19H23N. The SMILES string of the molecule is C=C(Nc1ccc(C)cc1)c1ccc(CCCC)cc1. The van der Waals surface area contributed by atoms with Crippen LogP contribution in [0.25, 0.3) is 5.70 Å². The zero-order chi connectivity index (χ0) is 14.4. The van der Waals surface area contributed by atoms with E-state index in [1.54, 1.807) is 0 Å². The highest BCUT2D eigenvalue weighted by atomic mass is 14.9. The molecule has 0 radical (unpaired) electrons. The van der Waals surface area contributed by atoms with E-state index in [1.165, 1.54) is 24.0 Å². The summed E-state index contributed by atoms with van der Waals surface area (Å²) in [6, 6.07) is 17.1. The summed E-state index contributed by atoms with van der Waals surface area (Å²) in [6.45, 7) is 8.44. The maximum absolute atomic E-state index is 4.12. The van der Waals surface area contributed by atoms with Crippen molar-refractivity contribution in [3.8, 4) is 0 Å². The van der Waals surface area contributed by atoms with Crippen molar-refractivity contribution in [1.82, 2.24) is 0 Å². The second-order valence-corrected chi connectivity index (χ2v) is 5.27. The van der Waals surface area contributed by atoms with E-state index in [9.17, 15) is 0 Å². The molecule has 1 nitrogen and oxygen atoms in total. The molecule has 20 heavy (non-hydrogen) atoms. The zero-order valence-electron chi connectivity index (χ0n) is 12.4. The van der Waals surface area contributed by atoms with Crippen molar-refractivity contribution >= 4 is 11.4 Å². The molecule has 0 aliphatic heterocycles. The van der Waals surface area contributed by atoms with Gasteiger partial charge < -0.3 is 5.32 Å². The van der Waals surface area contributed by atoms with Crippen LogP contribution in [-0.4, -0.2) is 0 Å². The lowest BCUT2D eigenvalue weighted by Gasteiger charge is -2.11. The maximum atomic E-state index is 4.12. The van der Waals surface area contributed by atoms with Crippen LogP contribution in [0.1, 0.15) is 36.5 Å². The van der Waals surface area contributed by atoms with Crippen LogP contribution in [0.2, 0.25) is 0 Å². The first kappa shape index (κ1) is 14.4. The number of hydrogen-bond donors (Lipinski definition) is 1. The Morgan fingerprint density at radius 1 is 1.00 bits per heavy atom. The summed E-state index contributed by atoms with van der Waals surface area (Å²) < 4.78 is 0. The van der Waals surface area contributed by atoms with Crippen molar-refractivity contribution in [2.24, 2.45) is 0 Å². The van der Waals surface area contributed by atoms with Gasteiger partial charge >= 0.3 is 0 Å². The molecule has 2 aromatic carbocycles. The van der Waals surface area contributed by atoms with Crippen LogP contribution in [0.15, 0.2) is 55.1 Å². The average Bonchev–Trinajstić information content (AvgIpc) is 2.48. The predicted octanol–water partition coefficient (Wildman–Crippen LogP) is 5.42. The molecule has 0 saturated carbocycles. The monoisotopic (exact) mass is 265 g/mol. The van der Waals surface area contributed by atoms with Gasteiger partial charge in [-0.2, -0.15) is 0 Å². The molecule has 1 N–H and O–H groups in total. The Morgan fingerprint density at radius 3 is 2.25 bits per heavy atom. The second-order valence-electron chi connectivity index (χ2n) is 5.27. The van der Waals surface area contributed by atoms with Gasteiger partial charge in [0.25, 0.3) is 0 Å². The van der Waals surface area contributed by atoms with Crippen LogP contribution in [0.5, 0.6) is 0 Å². The third kappa shape index (κ3) is 3.99. The van der Waals surface area contributed by atoms with Crippen LogP contribution < -0.4 is 5.32 Å². The minimum Gasteiger partial charge on any atom is -0.356 e. The minimum absolute atomic E-state index is 0.941. The maximum Gasteiger partial charge on any atom is 0.0384 e. The average molecular weight is 265 g/mol. The van der Waals surface area contributed by atoms with Gasteiger partial charge in [0.1, 0.15) is 0 Å². The first-order valence-electron chi connectivity index (χ1n) is 7.31. The first-order valence-corrected chi connectivity index (χ1v) is 7.31. The fourth-order valence-corrected chi connectivity index (χ4v) is 2.14. The van der Waals surface area contributed by atoms with Crippen LogP contribution in [0.4, 0.5) is 5.69 Å². The number of anilines is 1. The molecule has 0 fully saturated rings. The van der Waals surface area contributed by atoms with Gasteiger partial charge in [-0.25, -0.2) is 0 Å². The number of rotatable bonds is 6. The van der Waals surface area contributed by atoms with Crippen LogP contribution in [0, 0.1) is 6.92 Å². The summed E-state index contributed by atoms with van der Waals surface area (Å²) in [7, 11) is 0. The van der Waals surface area contributed by atoms with E-state index in [2.05, 4.69) is 74.3 Å². The Hall–Kier alpha value is -2.02. The van der Waals surface area contributed by atoms with Gasteiger partial charge in [-0.3, -0.25) is 0 Å². The summed E-state index contributed by atoms with van der Waals surface area (Å²) in [5.74, 6) is 0. The normalized spacial score (nSPS) is 10.3. The molecule has 0 atom stereocenters. The Morgan fingerprint density at radius 2 is 1.65 bits per heavy atom. The van der Waals surface area contributed by atoms with Gasteiger partial charge in [0, 0.05) is 11.4 Å². The lowest BCUT2D eigenvalue weighted by molar-refractivity contribution is 0.795. The van der Waals surface area contributed by atoms with E-state index in [0.29, 0.717) is 0 Å². The largest absolute Gasteiger partial charge is 0.356 e. The smallest absolute Gasteiger partial charge is 0.0384 e. The highest BCUT2D eigenvalue weighted by Crippen LogP contribution is 2.18. The van der Waals surface area contributed by atoms with Crippen molar-refractivity contribution in [2.45, 2.75) is 33.1 Å². The van der Waals surface area contributed by atoms with Gasteiger partial charge in [0.15, 0.2) is 0 Å². The van der Waals surface area contributed by atoms with Gasteiger partial charge in [-0.05, 0) is 43.0 Å². The number of nitrogens with one attached hydrogen (secondary N) is 1.